The number of halogens is 2. The number of amides is 1. The monoisotopic (exact) mass is 311 g/mol. The van der Waals surface area contributed by atoms with Gasteiger partial charge in [0, 0.05) is 10.6 Å². The van der Waals surface area contributed by atoms with Crippen molar-refractivity contribution in [1.82, 2.24) is 20.2 Å². The third-order valence-corrected chi connectivity index (χ3v) is 2.99. The highest BCUT2D eigenvalue weighted by atomic mass is 35.5. The van der Waals surface area contributed by atoms with Gasteiger partial charge in [-0.05, 0) is 19.1 Å². The number of benzene rings is 1. The highest BCUT2D eigenvalue weighted by Crippen LogP contribution is 2.21. The number of carbonyl (C=O) groups is 1. The molecule has 20 heavy (non-hydrogen) atoms. The summed E-state index contributed by atoms with van der Waals surface area (Å²) in [5, 5.41) is 8.84. The van der Waals surface area contributed by atoms with Gasteiger partial charge in [-0.3, -0.25) is 4.79 Å². The molecule has 2 aromatic rings. The van der Waals surface area contributed by atoms with Crippen molar-refractivity contribution in [2.45, 2.75) is 13.5 Å². The van der Waals surface area contributed by atoms with Gasteiger partial charge in [0.2, 0.25) is 0 Å². The Morgan fingerprint density at radius 3 is 2.90 bits per heavy atom. The van der Waals surface area contributed by atoms with Crippen LogP contribution in [0.5, 0.6) is 0 Å². The van der Waals surface area contributed by atoms with Crippen LogP contribution in [0.2, 0.25) is 10.0 Å². The predicted octanol–water partition coefficient (Wildman–Crippen LogP) is 2.13. The summed E-state index contributed by atoms with van der Waals surface area (Å²) in [4.78, 5) is 15.4. The molecule has 1 aromatic carbocycles. The molecule has 2 rings (SSSR count). The van der Waals surface area contributed by atoms with E-state index in [-0.39, 0.29) is 12.5 Å². The van der Waals surface area contributed by atoms with Gasteiger partial charge in [0.15, 0.2) is 0 Å². The zero-order valence-electron chi connectivity index (χ0n) is 10.5. The summed E-state index contributed by atoms with van der Waals surface area (Å²) in [6.45, 7) is 1.79. The average Bonchev–Trinajstić information content (AvgIpc) is 2.89. The Balaban J connectivity index is 2.01. The molecule has 1 heterocycles. The Labute approximate surface area is 125 Å². The number of nitrogens with zero attached hydrogens (tertiary/aromatic N) is 4. The summed E-state index contributed by atoms with van der Waals surface area (Å²) in [5.74, 6) is -0.306. The maximum absolute atomic E-state index is 11.6. The molecule has 1 aromatic heterocycles. The van der Waals surface area contributed by atoms with Gasteiger partial charge >= 0.3 is 0 Å². The third kappa shape index (κ3) is 3.79. The van der Waals surface area contributed by atoms with Gasteiger partial charge < -0.3 is 0 Å². The molecule has 1 amide bonds. The van der Waals surface area contributed by atoms with E-state index in [0.29, 0.717) is 21.3 Å². The van der Waals surface area contributed by atoms with Crippen LogP contribution in [0.4, 0.5) is 0 Å². The van der Waals surface area contributed by atoms with Crippen molar-refractivity contribution >= 4 is 34.8 Å². The molecule has 0 spiro atoms. The summed E-state index contributed by atoms with van der Waals surface area (Å²) < 4.78 is 1.40. The van der Waals surface area contributed by atoms with Gasteiger partial charge in [0.05, 0.1) is 10.7 Å². The molecule has 0 radical (unpaired) electrons. The lowest BCUT2D eigenvalue weighted by Gasteiger charge is -2.05. The van der Waals surface area contributed by atoms with Crippen LogP contribution in [0, 0.1) is 0 Å². The van der Waals surface area contributed by atoms with Gasteiger partial charge in [-0.25, -0.2) is 15.1 Å². The Bertz CT molecular complexity index is 639. The number of nitrogens with one attached hydrogen (secondary N) is 1. The van der Waals surface area contributed by atoms with E-state index in [9.17, 15) is 4.79 Å². The largest absolute Gasteiger partial charge is 0.271 e. The SMILES string of the molecule is CC(=NNC(=O)Cn1cncn1)c1ccc(Cl)cc1Cl. The fraction of sp³-hybridized carbons (Fsp3) is 0.167. The molecule has 0 atom stereocenters. The second-order valence-corrected chi connectivity index (χ2v) is 4.79. The molecule has 104 valence electrons. The molecule has 1 N–H and O–H groups in total. The van der Waals surface area contributed by atoms with E-state index >= 15 is 0 Å². The van der Waals surface area contributed by atoms with Crippen LogP contribution in [0.25, 0.3) is 0 Å². The van der Waals surface area contributed by atoms with Crippen LogP contribution < -0.4 is 5.43 Å². The van der Waals surface area contributed by atoms with Crippen LogP contribution in [-0.2, 0) is 11.3 Å². The molecule has 8 heteroatoms. The molecular weight excluding hydrogens is 301 g/mol. The average molecular weight is 312 g/mol. The highest BCUT2D eigenvalue weighted by Gasteiger charge is 2.06. The number of hydrazone groups is 1. The van der Waals surface area contributed by atoms with Gasteiger partial charge in [-0.2, -0.15) is 10.2 Å². The van der Waals surface area contributed by atoms with E-state index in [4.69, 9.17) is 23.2 Å². The van der Waals surface area contributed by atoms with Crippen molar-refractivity contribution in [3.8, 4) is 0 Å². The van der Waals surface area contributed by atoms with Crippen LogP contribution in [0.3, 0.4) is 0 Å². The van der Waals surface area contributed by atoms with E-state index in [2.05, 4.69) is 20.6 Å². The highest BCUT2D eigenvalue weighted by molar-refractivity contribution is 6.37. The summed E-state index contributed by atoms with van der Waals surface area (Å²) in [7, 11) is 0. The van der Waals surface area contributed by atoms with Crippen molar-refractivity contribution in [3.63, 3.8) is 0 Å². The molecular formula is C12H11Cl2N5O. The lowest BCUT2D eigenvalue weighted by molar-refractivity contribution is -0.121. The first-order chi connectivity index (χ1) is 9.56. The molecule has 0 fully saturated rings. The quantitative estimate of drug-likeness (QED) is 0.694. The Kier molecular flexibility index (Phi) is 4.70. The van der Waals surface area contributed by atoms with Crippen molar-refractivity contribution < 1.29 is 4.79 Å². The third-order valence-electron chi connectivity index (χ3n) is 2.44. The smallest absolute Gasteiger partial charge is 0.261 e. The zero-order valence-corrected chi connectivity index (χ0v) is 12.1. The van der Waals surface area contributed by atoms with E-state index in [1.165, 1.54) is 17.3 Å². The van der Waals surface area contributed by atoms with Gasteiger partial charge in [0.25, 0.3) is 5.91 Å². The van der Waals surface area contributed by atoms with Crippen LogP contribution in [0.15, 0.2) is 36.0 Å². The van der Waals surface area contributed by atoms with E-state index < -0.39 is 0 Å². The molecule has 0 aliphatic heterocycles. The first-order valence-corrected chi connectivity index (χ1v) is 6.43. The minimum Gasteiger partial charge on any atom is -0.271 e. The fourth-order valence-electron chi connectivity index (χ4n) is 1.49. The van der Waals surface area contributed by atoms with E-state index in [1.54, 1.807) is 25.1 Å². The summed E-state index contributed by atoms with van der Waals surface area (Å²) >= 11 is 11.9. The van der Waals surface area contributed by atoms with Crippen molar-refractivity contribution in [2.24, 2.45) is 5.10 Å². The fourth-order valence-corrected chi connectivity index (χ4v) is 2.03. The predicted molar refractivity (Wildman–Crippen MR) is 76.8 cm³/mol. The van der Waals surface area contributed by atoms with Gasteiger partial charge in [-0.15, -0.1) is 0 Å². The van der Waals surface area contributed by atoms with Gasteiger partial charge in [0.1, 0.15) is 19.2 Å². The Hall–Kier alpha value is -1.92. The normalized spacial score (nSPS) is 11.4. The number of carbonyl (C=O) groups excluding carboxylic acids is 1. The maximum atomic E-state index is 11.6. The number of hydrogen-bond acceptors (Lipinski definition) is 4. The van der Waals surface area contributed by atoms with Gasteiger partial charge in [-0.1, -0.05) is 29.3 Å². The van der Waals surface area contributed by atoms with Crippen LogP contribution >= 0.6 is 23.2 Å². The second-order valence-electron chi connectivity index (χ2n) is 3.95. The van der Waals surface area contributed by atoms with E-state index in [0.717, 1.165) is 0 Å². The molecule has 0 saturated carbocycles. The van der Waals surface area contributed by atoms with Crippen LogP contribution in [-0.4, -0.2) is 26.4 Å². The topological polar surface area (TPSA) is 72.2 Å². The maximum Gasteiger partial charge on any atom is 0.261 e. The minimum atomic E-state index is -0.306. The van der Waals surface area contributed by atoms with Crippen molar-refractivity contribution in [2.75, 3.05) is 0 Å². The first-order valence-electron chi connectivity index (χ1n) is 5.67. The molecule has 0 aliphatic rings. The first kappa shape index (κ1) is 14.5. The molecule has 0 unspecified atom stereocenters. The summed E-state index contributed by atoms with van der Waals surface area (Å²) in [6, 6.07) is 5.07. The number of rotatable bonds is 4. The molecule has 0 aliphatic carbocycles. The van der Waals surface area contributed by atoms with Crippen LogP contribution in [0.1, 0.15) is 12.5 Å². The zero-order chi connectivity index (χ0) is 14.5. The number of hydrogen-bond donors (Lipinski definition) is 1. The Morgan fingerprint density at radius 2 is 2.25 bits per heavy atom. The Morgan fingerprint density at radius 1 is 1.45 bits per heavy atom. The lowest BCUT2D eigenvalue weighted by Crippen LogP contribution is -2.24. The second kappa shape index (κ2) is 6.49. The standard InChI is InChI=1S/C12H11Cl2N5O/c1-8(10-3-2-9(13)4-11(10)14)17-18-12(20)5-19-7-15-6-16-19/h2-4,6-7H,5H2,1H3,(H,18,20). The van der Waals surface area contributed by atoms with Crippen molar-refractivity contribution in [3.05, 3.63) is 46.5 Å². The number of aromatic nitrogens is 3. The van der Waals surface area contributed by atoms with Crippen molar-refractivity contribution in [1.29, 1.82) is 0 Å². The van der Waals surface area contributed by atoms with E-state index in [1.807, 2.05) is 0 Å². The molecule has 0 saturated heterocycles. The molecule has 6 nitrogen and oxygen atoms in total. The summed E-state index contributed by atoms with van der Waals surface area (Å²) in [6.07, 6.45) is 2.81. The lowest BCUT2D eigenvalue weighted by atomic mass is 10.1. The minimum absolute atomic E-state index is 0.0468. The molecule has 0 bridgehead atoms. The summed E-state index contributed by atoms with van der Waals surface area (Å²) in [5.41, 5.74) is 3.72.